The molecule has 20 heavy (non-hydrogen) atoms. The van der Waals surface area contributed by atoms with Crippen LogP contribution in [0.1, 0.15) is 0 Å². The third-order valence-electron chi connectivity index (χ3n) is 3.15. The van der Waals surface area contributed by atoms with Crippen molar-refractivity contribution in [3.63, 3.8) is 0 Å². The highest BCUT2D eigenvalue weighted by Gasteiger charge is 2.16. The van der Waals surface area contributed by atoms with Crippen LogP contribution in [0, 0.1) is 0 Å². The van der Waals surface area contributed by atoms with Gasteiger partial charge in [-0.15, -0.1) is 0 Å². The highest BCUT2D eigenvalue weighted by molar-refractivity contribution is 7.90. The van der Waals surface area contributed by atoms with Gasteiger partial charge < -0.3 is 5.73 Å². The number of benzene rings is 2. The molecule has 3 aromatic rings. The van der Waals surface area contributed by atoms with Gasteiger partial charge >= 0.3 is 0 Å². The van der Waals surface area contributed by atoms with Crippen molar-refractivity contribution in [2.75, 3.05) is 12.0 Å². The van der Waals surface area contributed by atoms with E-state index in [1.807, 2.05) is 24.3 Å². The fourth-order valence-electron chi connectivity index (χ4n) is 2.20. The minimum atomic E-state index is -3.37. The van der Waals surface area contributed by atoms with Crippen LogP contribution in [0.4, 0.5) is 5.69 Å². The average molecular weight is 287 g/mol. The Hall–Kier alpha value is -2.34. The lowest BCUT2D eigenvalue weighted by atomic mass is 10.2. The van der Waals surface area contributed by atoms with Crippen molar-refractivity contribution in [3.8, 4) is 5.69 Å². The molecule has 102 valence electrons. The van der Waals surface area contributed by atoms with E-state index in [4.69, 9.17) is 5.73 Å². The molecule has 5 nitrogen and oxygen atoms in total. The molecule has 0 radical (unpaired) electrons. The Kier molecular flexibility index (Phi) is 2.76. The minimum absolute atomic E-state index is 0.120. The zero-order valence-electron chi connectivity index (χ0n) is 10.8. The topological polar surface area (TPSA) is 78.0 Å². The second-order valence-corrected chi connectivity index (χ2v) is 6.56. The van der Waals surface area contributed by atoms with Crippen molar-refractivity contribution in [3.05, 3.63) is 48.7 Å². The summed E-state index contributed by atoms with van der Waals surface area (Å²) in [7, 11) is -3.37. The molecule has 1 aromatic heterocycles. The van der Waals surface area contributed by atoms with Gasteiger partial charge in [0, 0.05) is 11.6 Å². The van der Waals surface area contributed by atoms with Crippen LogP contribution in [0.5, 0.6) is 0 Å². The zero-order chi connectivity index (χ0) is 14.3. The summed E-state index contributed by atoms with van der Waals surface area (Å²) in [6, 6.07) is 12.6. The number of nitrogens with zero attached hydrogens (tertiary/aromatic N) is 2. The number of nitrogens with two attached hydrogens (primary N) is 1. The molecule has 0 aliphatic rings. The molecule has 0 aliphatic heterocycles. The van der Waals surface area contributed by atoms with E-state index in [1.54, 1.807) is 23.0 Å². The number of rotatable bonds is 2. The van der Waals surface area contributed by atoms with E-state index >= 15 is 0 Å². The van der Waals surface area contributed by atoms with Crippen molar-refractivity contribution >= 4 is 26.4 Å². The van der Waals surface area contributed by atoms with Crippen LogP contribution < -0.4 is 5.73 Å². The normalized spacial score (nSPS) is 11.8. The number of sulfone groups is 1. The Morgan fingerprint density at radius 2 is 1.85 bits per heavy atom. The summed E-state index contributed by atoms with van der Waals surface area (Å²) in [5.74, 6) is 0. The molecule has 6 heteroatoms. The fourth-order valence-corrected chi connectivity index (χ4v) is 3.03. The van der Waals surface area contributed by atoms with Crippen molar-refractivity contribution in [1.29, 1.82) is 0 Å². The van der Waals surface area contributed by atoms with Gasteiger partial charge in [-0.25, -0.2) is 13.1 Å². The predicted molar refractivity (Wildman–Crippen MR) is 78.6 cm³/mol. The quantitative estimate of drug-likeness (QED) is 0.731. The van der Waals surface area contributed by atoms with Crippen LogP contribution in [0.2, 0.25) is 0 Å². The zero-order valence-corrected chi connectivity index (χ0v) is 11.6. The van der Waals surface area contributed by atoms with E-state index in [9.17, 15) is 8.42 Å². The van der Waals surface area contributed by atoms with Gasteiger partial charge in [-0.1, -0.05) is 24.3 Å². The summed E-state index contributed by atoms with van der Waals surface area (Å²) < 4.78 is 25.1. The summed E-state index contributed by atoms with van der Waals surface area (Å²) in [6.07, 6.45) is 2.87. The first-order valence-electron chi connectivity index (χ1n) is 6.00. The average Bonchev–Trinajstić information content (AvgIpc) is 2.81. The molecule has 0 fully saturated rings. The predicted octanol–water partition coefficient (Wildman–Crippen LogP) is 2.01. The van der Waals surface area contributed by atoms with Crippen LogP contribution in [0.3, 0.4) is 0 Å². The number of nitrogen functional groups attached to an aromatic ring is 1. The lowest BCUT2D eigenvalue weighted by Crippen LogP contribution is -2.07. The number of hydrogen-bond donors (Lipinski definition) is 1. The first-order valence-corrected chi connectivity index (χ1v) is 7.89. The molecule has 2 aromatic carbocycles. The SMILES string of the molecule is CS(=O)(=O)c1cccc(-n2ncc3ccccc32)c1N. The molecule has 1 heterocycles. The molecule has 0 atom stereocenters. The summed E-state index contributed by atoms with van der Waals surface area (Å²) in [5, 5.41) is 5.26. The van der Waals surface area contributed by atoms with Crippen LogP contribution >= 0.6 is 0 Å². The number of para-hydroxylation sites is 2. The largest absolute Gasteiger partial charge is 0.396 e. The number of aromatic nitrogens is 2. The van der Waals surface area contributed by atoms with Crippen LogP contribution in [-0.4, -0.2) is 24.5 Å². The van der Waals surface area contributed by atoms with E-state index in [0.717, 1.165) is 17.2 Å². The maximum atomic E-state index is 11.7. The number of hydrogen-bond acceptors (Lipinski definition) is 4. The van der Waals surface area contributed by atoms with Crippen molar-refractivity contribution in [1.82, 2.24) is 9.78 Å². The second-order valence-electron chi connectivity index (χ2n) is 4.58. The maximum Gasteiger partial charge on any atom is 0.177 e. The van der Waals surface area contributed by atoms with Gasteiger partial charge in [0.2, 0.25) is 0 Å². The van der Waals surface area contributed by atoms with Gasteiger partial charge in [-0.05, 0) is 18.2 Å². The summed E-state index contributed by atoms with van der Waals surface area (Å²) in [5.41, 5.74) is 7.67. The van der Waals surface area contributed by atoms with E-state index < -0.39 is 9.84 Å². The summed E-state index contributed by atoms with van der Waals surface area (Å²) >= 11 is 0. The molecule has 0 unspecified atom stereocenters. The summed E-state index contributed by atoms with van der Waals surface area (Å²) in [6.45, 7) is 0. The Morgan fingerprint density at radius 3 is 2.60 bits per heavy atom. The van der Waals surface area contributed by atoms with E-state index in [2.05, 4.69) is 5.10 Å². The molecule has 0 spiro atoms. The smallest absolute Gasteiger partial charge is 0.177 e. The molecule has 0 amide bonds. The molecule has 0 aliphatic carbocycles. The Bertz CT molecular complexity index is 898. The Balaban J connectivity index is 2.31. The summed E-state index contributed by atoms with van der Waals surface area (Å²) in [4.78, 5) is 0.120. The van der Waals surface area contributed by atoms with Crippen molar-refractivity contribution in [2.45, 2.75) is 4.90 Å². The number of fused-ring (bicyclic) bond motifs is 1. The maximum absolute atomic E-state index is 11.7. The first-order chi connectivity index (χ1) is 9.48. The van der Waals surface area contributed by atoms with Crippen molar-refractivity contribution in [2.24, 2.45) is 0 Å². The van der Waals surface area contributed by atoms with E-state index in [0.29, 0.717) is 5.69 Å². The monoisotopic (exact) mass is 287 g/mol. The van der Waals surface area contributed by atoms with E-state index in [1.165, 1.54) is 6.07 Å². The second kappa shape index (κ2) is 4.35. The highest BCUT2D eigenvalue weighted by Crippen LogP contribution is 2.27. The Morgan fingerprint density at radius 1 is 1.10 bits per heavy atom. The van der Waals surface area contributed by atoms with Crippen LogP contribution in [0.15, 0.2) is 53.6 Å². The highest BCUT2D eigenvalue weighted by atomic mass is 32.2. The van der Waals surface area contributed by atoms with Gasteiger partial charge in [0.1, 0.15) is 0 Å². The molecular formula is C14H13N3O2S. The van der Waals surface area contributed by atoms with Crippen molar-refractivity contribution < 1.29 is 8.42 Å². The van der Waals surface area contributed by atoms with Crippen LogP contribution in [0.25, 0.3) is 16.6 Å². The molecule has 0 saturated carbocycles. The lowest BCUT2D eigenvalue weighted by Gasteiger charge is -2.10. The van der Waals surface area contributed by atoms with Gasteiger partial charge in [-0.2, -0.15) is 5.10 Å². The third-order valence-corrected chi connectivity index (χ3v) is 4.30. The standard InChI is InChI=1S/C14H13N3O2S/c1-20(18,19)13-8-4-7-12(14(13)15)17-11-6-3-2-5-10(11)9-16-17/h2-9H,15H2,1H3. The fraction of sp³-hybridized carbons (Fsp3) is 0.0714. The van der Waals surface area contributed by atoms with Gasteiger partial charge in [0.25, 0.3) is 0 Å². The molecule has 0 bridgehead atoms. The van der Waals surface area contributed by atoms with Gasteiger partial charge in [0.15, 0.2) is 9.84 Å². The third kappa shape index (κ3) is 1.94. The lowest BCUT2D eigenvalue weighted by molar-refractivity contribution is 0.602. The van der Waals surface area contributed by atoms with Gasteiger partial charge in [-0.3, -0.25) is 0 Å². The molecule has 3 rings (SSSR count). The molecule has 0 saturated heterocycles. The van der Waals surface area contributed by atoms with Gasteiger partial charge in [0.05, 0.1) is 28.0 Å². The first kappa shape index (κ1) is 12.7. The minimum Gasteiger partial charge on any atom is -0.396 e. The van der Waals surface area contributed by atoms with Crippen LogP contribution in [-0.2, 0) is 9.84 Å². The number of anilines is 1. The molecule has 2 N–H and O–H groups in total. The Labute approximate surface area is 116 Å². The molecular weight excluding hydrogens is 274 g/mol. The van der Waals surface area contributed by atoms with E-state index in [-0.39, 0.29) is 10.6 Å².